The van der Waals surface area contributed by atoms with Gasteiger partial charge in [-0.2, -0.15) is 0 Å². The van der Waals surface area contributed by atoms with Gasteiger partial charge >= 0.3 is 0 Å². The lowest BCUT2D eigenvalue weighted by Crippen LogP contribution is -2.31. The van der Waals surface area contributed by atoms with E-state index in [0.717, 1.165) is 27.3 Å². The monoisotopic (exact) mass is 345 g/mol. The number of amides is 1. The van der Waals surface area contributed by atoms with Gasteiger partial charge < -0.3 is 0 Å². The molecule has 3 rings (SSSR count). The average Bonchev–Trinajstić information content (AvgIpc) is 2.67. The number of hydrogen-bond donors (Lipinski definition) is 1. The van der Waals surface area contributed by atoms with Gasteiger partial charge in [-0.05, 0) is 34.2 Å². The van der Waals surface area contributed by atoms with Crippen LogP contribution in [0.3, 0.4) is 0 Å². The van der Waals surface area contributed by atoms with Crippen molar-refractivity contribution in [3.05, 3.63) is 84.4 Å². The Bertz CT molecular complexity index is 887. The van der Waals surface area contributed by atoms with Gasteiger partial charge in [-0.15, -0.1) is 0 Å². The van der Waals surface area contributed by atoms with E-state index < -0.39 is 0 Å². The first-order valence-electron chi connectivity index (χ1n) is 8.82. The minimum absolute atomic E-state index is 0.188. The topological polar surface area (TPSA) is 40.5 Å². The normalized spacial score (nSPS) is 10.8. The van der Waals surface area contributed by atoms with E-state index in [-0.39, 0.29) is 11.8 Å². The van der Waals surface area contributed by atoms with Crippen LogP contribution in [0.5, 0.6) is 0 Å². The van der Waals surface area contributed by atoms with Crippen LogP contribution in [0.25, 0.3) is 22.3 Å². The van der Waals surface area contributed by atoms with Gasteiger partial charge in [0.05, 0.1) is 6.54 Å². The summed E-state index contributed by atoms with van der Waals surface area (Å²) in [5.41, 5.74) is 4.44. The average molecular weight is 345 g/mol. The van der Waals surface area contributed by atoms with Gasteiger partial charge in [-0.1, -0.05) is 86.6 Å². The molecule has 26 heavy (non-hydrogen) atoms. The fourth-order valence-corrected chi connectivity index (χ4v) is 3.06. The second-order valence-electron chi connectivity index (χ2n) is 6.74. The Labute approximate surface area is 154 Å². The smallest absolute Gasteiger partial charge is 0.277 e. The van der Waals surface area contributed by atoms with Crippen molar-refractivity contribution in [1.29, 1.82) is 0 Å². The van der Waals surface area contributed by atoms with Crippen LogP contribution >= 0.6 is 0 Å². The van der Waals surface area contributed by atoms with Gasteiger partial charge in [0, 0.05) is 5.56 Å². The highest BCUT2D eigenvalue weighted by molar-refractivity contribution is 6.02. The number of hydrogen-bond acceptors (Lipinski definition) is 2. The van der Waals surface area contributed by atoms with Crippen molar-refractivity contribution in [3.63, 3.8) is 0 Å². The van der Waals surface area contributed by atoms with E-state index in [2.05, 4.69) is 18.2 Å². The Morgan fingerprint density at radius 2 is 1.35 bits per heavy atom. The van der Waals surface area contributed by atoms with Crippen LogP contribution in [0.15, 0.2) is 78.9 Å². The zero-order valence-electron chi connectivity index (χ0n) is 15.1. The molecule has 3 heteroatoms. The lowest BCUT2D eigenvalue weighted by atomic mass is 9.91. The molecule has 0 radical (unpaired) electrons. The quantitative estimate of drug-likeness (QED) is 0.489. The molecule has 0 aliphatic heterocycles. The van der Waals surface area contributed by atoms with Gasteiger partial charge in [0.25, 0.3) is 5.91 Å². The molecule has 132 valence electrons. The first kappa shape index (κ1) is 17.9. The number of benzene rings is 3. The molecule has 0 aromatic heterocycles. The zero-order chi connectivity index (χ0) is 18.5. The summed E-state index contributed by atoms with van der Waals surface area (Å²) in [6.45, 7) is 4.23. The highest BCUT2D eigenvalue weighted by Gasteiger charge is 2.20. The van der Waals surface area contributed by atoms with Gasteiger partial charge in [0.15, 0.2) is 0 Å². The predicted octanol–water partition coefficient (Wildman–Crippen LogP) is 5.51. The molecule has 0 heterocycles. The zero-order valence-corrected chi connectivity index (χ0v) is 15.1. The Hall–Kier alpha value is -2.91. The summed E-state index contributed by atoms with van der Waals surface area (Å²) in [5, 5.41) is 11.0. The molecule has 3 nitrogen and oxygen atoms in total. The number of rotatable bonds is 5. The summed E-state index contributed by atoms with van der Waals surface area (Å²) in [4.78, 5) is 12.8. The third-order valence-corrected chi connectivity index (χ3v) is 4.23. The molecule has 0 saturated heterocycles. The molecule has 0 unspecified atom stereocenters. The fraction of sp³-hybridized carbons (Fsp3) is 0.174. The molecule has 0 bridgehead atoms. The fourth-order valence-electron chi connectivity index (χ4n) is 3.06. The maximum Gasteiger partial charge on any atom is 0.277 e. The minimum Gasteiger partial charge on any atom is -0.286 e. The lowest BCUT2D eigenvalue weighted by molar-refractivity contribution is -0.0647. The largest absolute Gasteiger partial charge is 0.286 e. The number of carbonyl (C=O) groups excluding carboxylic acids is 1. The van der Waals surface area contributed by atoms with Crippen molar-refractivity contribution < 1.29 is 10.0 Å². The van der Waals surface area contributed by atoms with E-state index in [4.69, 9.17) is 0 Å². The van der Waals surface area contributed by atoms with E-state index >= 15 is 0 Å². The van der Waals surface area contributed by atoms with E-state index in [9.17, 15) is 10.0 Å². The third-order valence-electron chi connectivity index (χ3n) is 4.23. The van der Waals surface area contributed by atoms with Gasteiger partial charge in [0.1, 0.15) is 0 Å². The number of hydroxylamine groups is 2. The SMILES string of the molecule is CC(C)CN(O)C(=O)c1ccccc1-c1ccccc1-c1ccccc1. The van der Waals surface area contributed by atoms with Crippen LogP contribution in [-0.4, -0.2) is 22.7 Å². The predicted molar refractivity (Wildman–Crippen MR) is 105 cm³/mol. The second kappa shape index (κ2) is 7.98. The summed E-state index contributed by atoms with van der Waals surface area (Å²) in [5.74, 6) is -0.190. The summed E-state index contributed by atoms with van der Waals surface area (Å²) in [6, 6.07) is 25.6. The number of carbonyl (C=O) groups is 1. The standard InChI is InChI=1S/C23H23NO2/c1-17(2)16-24(26)23(25)22-15-9-8-14-21(22)20-13-7-6-12-19(20)18-10-4-3-5-11-18/h3-15,17,26H,16H2,1-2H3. The van der Waals surface area contributed by atoms with Crippen molar-refractivity contribution in [3.8, 4) is 22.3 Å². The van der Waals surface area contributed by atoms with Crippen molar-refractivity contribution >= 4 is 5.91 Å². The summed E-state index contributed by atoms with van der Waals surface area (Å²) in [7, 11) is 0. The molecular formula is C23H23NO2. The minimum atomic E-state index is -0.378. The second-order valence-corrected chi connectivity index (χ2v) is 6.74. The molecule has 3 aromatic carbocycles. The van der Waals surface area contributed by atoms with Crippen LogP contribution in [0, 0.1) is 5.92 Å². The van der Waals surface area contributed by atoms with Crippen LogP contribution in [0.1, 0.15) is 24.2 Å². The van der Waals surface area contributed by atoms with Crippen LogP contribution < -0.4 is 0 Å². The molecule has 1 amide bonds. The Morgan fingerprint density at radius 3 is 2.00 bits per heavy atom. The summed E-state index contributed by atoms with van der Waals surface area (Å²) in [6.07, 6.45) is 0. The molecule has 0 aliphatic carbocycles. The van der Waals surface area contributed by atoms with Crippen molar-refractivity contribution in [2.45, 2.75) is 13.8 Å². The Morgan fingerprint density at radius 1 is 0.808 bits per heavy atom. The third kappa shape index (κ3) is 3.84. The molecular weight excluding hydrogens is 322 g/mol. The number of nitrogens with zero attached hydrogens (tertiary/aromatic N) is 1. The van der Waals surface area contributed by atoms with Crippen molar-refractivity contribution in [2.24, 2.45) is 5.92 Å². The van der Waals surface area contributed by atoms with Gasteiger partial charge in [-0.3, -0.25) is 10.0 Å². The maximum absolute atomic E-state index is 12.8. The van der Waals surface area contributed by atoms with E-state index in [1.807, 2.05) is 68.4 Å². The highest BCUT2D eigenvalue weighted by Crippen LogP contribution is 2.34. The van der Waals surface area contributed by atoms with Crippen LogP contribution in [0.4, 0.5) is 0 Å². The summed E-state index contributed by atoms with van der Waals surface area (Å²) >= 11 is 0. The first-order valence-corrected chi connectivity index (χ1v) is 8.82. The van der Waals surface area contributed by atoms with E-state index in [0.29, 0.717) is 12.1 Å². The lowest BCUT2D eigenvalue weighted by Gasteiger charge is -2.20. The Kier molecular flexibility index (Phi) is 5.49. The highest BCUT2D eigenvalue weighted by atomic mass is 16.5. The molecule has 0 saturated carbocycles. The van der Waals surface area contributed by atoms with Crippen LogP contribution in [0.2, 0.25) is 0 Å². The van der Waals surface area contributed by atoms with E-state index in [1.165, 1.54) is 0 Å². The molecule has 0 aliphatic rings. The van der Waals surface area contributed by atoms with Crippen LogP contribution in [-0.2, 0) is 0 Å². The maximum atomic E-state index is 12.8. The van der Waals surface area contributed by atoms with E-state index in [1.54, 1.807) is 6.07 Å². The molecule has 0 atom stereocenters. The Balaban J connectivity index is 2.09. The van der Waals surface area contributed by atoms with Crippen molar-refractivity contribution in [1.82, 2.24) is 5.06 Å². The first-order chi connectivity index (χ1) is 12.6. The van der Waals surface area contributed by atoms with Gasteiger partial charge in [0.2, 0.25) is 0 Å². The molecule has 1 N–H and O–H groups in total. The van der Waals surface area contributed by atoms with Gasteiger partial charge in [-0.25, -0.2) is 5.06 Å². The molecule has 3 aromatic rings. The summed E-state index contributed by atoms with van der Waals surface area (Å²) < 4.78 is 0. The van der Waals surface area contributed by atoms with Crippen molar-refractivity contribution in [2.75, 3.05) is 6.54 Å². The molecule has 0 spiro atoms. The molecule has 0 fully saturated rings.